The number of ether oxygens (including phenoxy) is 2. The second-order valence-electron chi connectivity index (χ2n) is 4.97. The van der Waals surface area contributed by atoms with Gasteiger partial charge in [0, 0.05) is 17.8 Å². The average Bonchev–Trinajstić information content (AvgIpc) is 2.93. The van der Waals surface area contributed by atoms with E-state index in [9.17, 15) is 4.79 Å². The Hall–Kier alpha value is -2.79. The molecule has 0 aliphatic heterocycles. The highest BCUT2D eigenvalue weighted by molar-refractivity contribution is 6.31. The molecular formula is C18H15ClN2O3. The highest BCUT2D eigenvalue weighted by Gasteiger charge is 2.08. The van der Waals surface area contributed by atoms with Crippen LogP contribution in [0.5, 0.6) is 5.75 Å². The number of methoxy groups -OCH3 is 1. The third kappa shape index (κ3) is 3.41. The SMILES string of the molecule is COc1ccccc1COC(=O)/C=C/c1c(Cl)nc2ccccn12. The Labute approximate surface area is 144 Å². The van der Waals surface area contributed by atoms with Gasteiger partial charge < -0.3 is 9.47 Å². The summed E-state index contributed by atoms with van der Waals surface area (Å²) in [5, 5.41) is 0.329. The molecule has 0 N–H and O–H groups in total. The van der Waals surface area contributed by atoms with Crippen LogP contribution in [0, 0.1) is 0 Å². The molecule has 0 radical (unpaired) electrons. The molecule has 0 saturated carbocycles. The number of carbonyl (C=O) groups excluding carboxylic acids is 1. The molecule has 0 aliphatic rings. The van der Waals surface area contributed by atoms with E-state index in [0.29, 0.717) is 22.2 Å². The van der Waals surface area contributed by atoms with Gasteiger partial charge in [0.15, 0.2) is 5.15 Å². The summed E-state index contributed by atoms with van der Waals surface area (Å²) in [6.45, 7) is 0.133. The lowest BCUT2D eigenvalue weighted by molar-refractivity contribution is -0.138. The number of hydrogen-bond acceptors (Lipinski definition) is 4. The average molecular weight is 343 g/mol. The van der Waals surface area contributed by atoms with Crippen molar-refractivity contribution >= 4 is 29.3 Å². The smallest absolute Gasteiger partial charge is 0.331 e. The lowest BCUT2D eigenvalue weighted by Crippen LogP contribution is -2.02. The van der Waals surface area contributed by atoms with Crippen LogP contribution < -0.4 is 4.74 Å². The van der Waals surface area contributed by atoms with Crippen LogP contribution in [0.1, 0.15) is 11.3 Å². The maximum Gasteiger partial charge on any atom is 0.331 e. The van der Waals surface area contributed by atoms with Gasteiger partial charge in [-0.05, 0) is 24.3 Å². The van der Waals surface area contributed by atoms with E-state index < -0.39 is 5.97 Å². The van der Waals surface area contributed by atoms with E-state index in [0.717, 1.165) is 5.56 Å². The fraction of sp³-hybridized carbons (Fsp3) is 0.111. The summed E-state index contributed by atoms with van der Waals surface area (Å²) in [5.74, 6) is 0.210. The first-order valence-electron chi connectivity index (χ1n) is 7.28. The molecular weight excluding hydrogens is 328 g/mol. The molecule has 0 unspecified atom stereocenters. The van der Waals surface area contributed by atoms with Crippen LogP contribution in [0.25, 0.3) is 11.7 Å². The molecule has 1 aromatic carbocycles. The number of imidazole rings is 1. The van der Waals surface area contributed by atoms with Crippen molar-refractivity contribution in [3.8, 4) is 5.75 Å². The summed E-state index contributed by atoms with van der Waals surface area (Å²) in [6.07, 6.45) is 4.75. The second-order valence-corrected chi connectivity index (χ2v) is 5.33. The highest BCUT2D eigenvalue weighted by Crippen LogP contribution is 2.20. The number of fused-ring (bicyclic) bond motifs is 1. The van der Waals surface area contributed by atoms with Crippen molar-refractivity contribution in [1.82, 2.24) is 9.38 Å². The number of esters is 1. The van der Waals surface area contributed by atoms with E-state index in [-0.39, 0.29) is 6.61 Å². The van der Waals surface area contributed by atoms with Gasteiger partial charge in [-0.25, -0.2) is 9.78 Å². The summed E-state index contributed by atoms with van der Waals surface area (Å²) in [4.78, 5) is 16.2. The topological polar surface area (TPSA) is 52.8 Å². The molecule has 3 rings (SSSR count). The number of halogens is 1. The Morgan fingerprint density at radius 2 is 2.04 bits per heavy atom. The number of carbonyl (C=O) groups is 1. The van der Waals surface area contributed by atoms with Crippen LogP contribution in [0.15, 0.2) is 54.7 Å². The minimum absolute atomic E-state index is 0.133. The third-order valence-electron chi connectivity index (χ3n) is 3.46. The predicted molar refractivity (Wildman–Crippen MR) is 92.0 cm³/mol. The first-order valence-corrected chi connectivity index (χ1v) is 7.66. The second kappa shape index (κ2) is 7.19. The minimum Gasteiger partial charge on any atom is -0.496 e. The Morgan fingerprint density at radius 3 is 2.88 bits per heavy atom. The van der Waals surface area contributed by atoms with E-state index in [1.54, 1.807) is 17.6 Å². The van der Waals surface area contributed by atoms with Crippen LogP contribution in [-0.2, 0) is 16.1 Å². The summed E-state index contributed by atoms with van der Waals surface area (Å²) >= 11 is 6.11. The van der Waals surface area contributed by atoms with Crippen LogP contribution >= 0.6 is 11.6 Å². The quantitative estimate of drug-likeness (QED) is 0.523. The van der Waals surface area contributed by atoms with Crippen molar-refractivity contribution in [1.29, 1.82) is 0 Å². The summed E-state index contributed by atoms with van der Waals surface area (Å²) in [6, 6.07) is 12.9. The van der Waals surface area contributed by atoms with Crippen LogP contribution in [0.4, 0.5) is 0 Å². The molecule has 2 aromatic heterocycles. The van der Waals surface area contributed by atoms with Crippen molar-refractivity contribution in [3.05, 3.63) is 71.1 Å². The lowest BCUT2D eigenvalue weighted by atomic mass is 10.2. The molecule has 0 aliphatic carbocycles. The molecule has 0 saturated heterocycles. The third-order valence-corrected chi connectivity index (χ3v) is 3.74. The van der Waals surface area contributed by atoms with Crippen molar-refractivity contribution < 1.29 is 14.3 Å². The Balaban J connectivity index is 1.70. The minimum atomic E-state index is -0.470. The molecule has 6 heteroatoms. The fourth-order valence-corrected chi connectivity index (χ4v) is 2.54. The Morgan fingerprint density at radius 1 is 1.25 bits per heavy atom. The number of aromatic nitrogens is 2. The van der Waals surface area contributed by atoms with Crippen molar-refractivity contribution in [2.24, 2.45) is 0 Å². The zero-order valence-corrected chi connectivity index (χ0v) is 13.7. The van der Waals surface area contributed by atoms with E-state index in [1.165, 1.54) is 6.08 Å². The molecule has 0 atom stereocenters. The summed E-state index contributed by atoms with van der Waals surface area (Å²) in [5.41, 5.74) is 2.14. The van der Waals surface area contributed by atoms with Crippen molar-refractivity contribution in [3.63, 3.8) is 0 Å². The molecule has 24 heavy (non-hydrogen) atoms. The molecule has 0 bridgehead atoms. The highest BCUT2D eigenvalue weighted by atomic mass is 35.5. The van der Waals surface area contributed by atoms with Crippen LogP contribution in [0.3, 0.4) is 0 Å². The van der Waals surface area contributed by atoms with Gasteiger partial charge in [0.05, 0.1) is 12.8 Å². The largest absolute Gasteiger partial charge is 0.496 e. The zero-order chi connectivity index (χ0) is 16.9. The Bertz CT molecular complexity index is 902. The van der Waals surface area contributed by atoms with Crippen molar-refractivity contribution in [2.45, 2.75) is 6.61 Å². The summed E-state index contributed by atoms with van der Waals surface area (Å²) < 4.78 is 12.3. The number of nitrogens with zero attached hydrogens (tertiary/aromatic N) is 2. The van der Waals surface area contributed by atoms with Crippen LogP contribution in [-0.4, -0.2) is 22.5 Å². The van der Waals surface area contributed by atoms with E-state index in [2.05, 4.69) is 4.98 Å². The first-order chi connectivity index (χ1) is 11.7. The first kappa shape index (κ1) is 16.1. The normalized spacial score (nSPS) is 11.1. The molecule has 0 fully saturated rings. The maximum atomic E-state index is 11.9. The predicted octanol–water partition coefficient (Wildman–Crippen LogP) is 3.75. The number of hydrogen-bond donors (Lipinski definition) is 0. The van der Waals surface area contributed by atoms with E-state index >= 15 is 0 Å². The van der Waals surface area contributed by atoms with Gasteiger partial charge in [-0.1, -0.05) is 35.9 Å². The zero-order valence-electron chi connectivity index (χ0n) is 13.0. The van der Waals surface area contributed by atoms with Gasteiger partial charge in [0.1, 0.15) is 18.0 Å². The number of pyridine rings is 1. The van der Waals surface area contributed by atoms with Gasteiger partial charge in [0.25, 0.3) is 0 Å². The molecule has 0 spiro atoms. The van der Waals surface area contributed by atoms with Gasteiger partial charge in [0.2, 0.25) is 0 Å². The summed E-state index contributed by atoms with van der Waals surface area (Å²) in [7, 11) is 1.58. The van der Waals surface area contributed by atoms with Crippen LogP contribution in [0.2, 0.25) is 5.15 Å². The fourth-order valence-electron chi connectivity index (χ4n) is 2.30. The molecule has 122 valence electrons. The van der Waals surface area contributed by atoms with Crippen molar-refractivity contribution in [2.75, 3.05) is 7.11 Å². The number of para-hydroxylation sites is 1. The number of benzene rings is 1. The van der Waals surface area contributed by atoms with Gasteiger partial charge in [-0.3, -0.25) is 4.40 Å². The van der Waals surface area contributed by atoms with E-state index in [1.807, 2.05) is 48.7 Å². The van der Waals surface area contributed by atoms with Gasteiger partial charge in [-0.2, -0.15) is 0 Å². The van der Waals surface area contributed by atoms with E-state index in [4.69, 9.17) is 21.1 Å². The van der Waals surface area contributed by atoms with Gasteiger partial charge >= 0.3 is 5.97 Å². The molecule has 0 amide bonds. The van der Waals surface area contributed by atoms with Gasteiger partial charge in [-0.15, -0.1) is 0 Å². The molecule has 2 heterocycles. The Kier molecular flexibility index (Phi) is 4.82. The maximum absolute atomic E-state index is 11.9. The molecule has 5 nitrogen and oxygen atoms in total. The molecule has 3 aromatic rings. The number of rotatable bonds is 5. The monoisotopic (exact) mass is 342 g/mol. The standard InChI is InChI=1S/C18H15ClN2O3/c1-23-15-7-3-2-6-13(15)12-24-17(22)10-9-14-18(19)20-16-8-4-5-11-21(14)16/h2-11H,12H2,1H3/b10-9+. The lowest BCUT2D eigenvalue weighted by Gasteiger charge is -2.07.